The van der Waals surface area contributed by atoms with Crippen molar-refractivity contribution in [3.8, 4) is 0 Å². The van der Waals surface area contributed by atoms with Gasteiger partial charge in [0.15, 0.2) is 0 Å². The van der Waals surface area contributed by atoms with Gasteiger partial charge in [-0.25, -0.2) is 0 Å². The summed E-state index contributed by atoms with van der Waals surface area (Å²) in [6.45, 7) is 13.0. The highest BCUT2D eigenvalue weighted by molar-refractivity contribution is 5.77. The van der Waals surface area contributed by atoms with Crippen LogP contribution < -0.4 is 5.32 Å². The van der Waals surface area contributed by atoms with Crippen molar-refractivity contribution in [2.45, 2.75) is 51.7 Å². The Morgan fingerprint density at radius 1 is 1.42 bits per heavy atom. The number of nitrogens with one attached hydrogen (secondary N) is 1. The molecule has 19 heavy (non-hydrogen) atoms. The molecular formula is C15H28N2O2. The zero-order chi connectivity index (χ0) is 14.3. The smallest absolute Gasteiger partial charge is 0.225 e. The summed E-state index contributed by atoms with van der Waals surface area (Å²) >= 11 is 0. The van der Waals surface area contributed by atoms with Crippen LogP contribution >= 0.6 is 0 Å². The summed E-state index contributed by atoms with van der Waals surface area (Å²) in [5.41, 5.74) is -0.167. The predicted molar refractivity (Wildman–Crippen MR) is 78.1 cm³/mol. The lowest BCUT2D eigenvalue weighted by Crippen LogP contribution is -2.46. The number of ether oxygens (including phenoxy) is 1. The number of nitrogens with zero attached hydrogens (tertiary/aromatic N) is 1. The third-order valence-electron chi connectivity index (χ3n) is 3.38. The Bertz CT molecular complexity index is 291. The molecule has 1 N–H and O–H groups in total. The number of hydrogen-bond acceptors (Lipinski definition) is 3. The Kier molecular flexibility index (Phi) is 6.52. The topological polar surface area (TPSA) is 41.6 Å². The molecule has 1 heterocycles. The molecule has 0 aromatic carbocycles. The largest absolute Gasteiger partial charge is 0.378 e. The van der Waals surface area contributed by atoms with Gasteiger partial charge >= 0.3 is 0 Å². The van der Waals surface area contributed by atoms with Crippen molar-refractivity contribution in [3.05, 3.63) is 12.7 Å². The number of hydrogen-bond donors (Lipinski definition) is 1. The van der Waals surface area contributed by atoms with Crippen LogP contribution in [0.5, 0.6) is 0 Å². The average molecular weight is 268 g/mol. The lowest BCUT2D eigenvalue weighted by atomic mass is 10.1. The van der Waals surface area contributed by atoms with E-state index in [0.29, 0.717) is 25.7 Å². The number of carbonyl (C=O) groups is 1. The van der Waals surface area contributed by atoms with Crippen LogP contribution in [0, 0.1) is 0 Å². The fourth-order valence-electron chi connectivity index (χ4n) is 2.29. The van der Waals surface area contributed by atoms with Gasteiger partial charge in [-0.15, -0.1) is 6.58 Å². The molecule has 0 aliphatic carbocycles. The first kappa shape index (κ1) is 16.2. The number of amides is 1. The predicted octanol–water partition coefficient (Wildman–Crippen LogP) is 1.96. The second-order valence-electron chi connectivity index (χ2n) is 6.03. The van der Waals surface area contributed by atoms with Crippen LogP contribution in [-0.4, -0.2) is 48.7 Å². The molecule has 4 heteroatoms. The van der Waals surface area contributed by atoms with E-state index in [1.54, 1.807) is 6.08 Å². The first-order valence-corrected chi connectivity index (χ1v) is 7.19. The van der Waals surface area contributed by atoms with E-state index in [0.717, 1.165) is 25.9 Å². The minimum Gasteiger partial charge on any atom is -0.378 e. The summed E-state index contributed by atoms with van der Waals surface area (Å²) in [7, 11) is 0. The molecule has 110 valence electrons. The maximum absolute atomic E-state index is 12.2. The molecule has 0 aromatic heterocycles. The van der Waals surface area contributed by atoms with E-state index >= 15 is 0 Å². The minimum absolute atomic E-state index is 0.140. The highest BCUT2D eigenvalue weighted by Crippen LogP contribution is 2.15. The molecule has 1 fully saturated rings. The van der Waals surface area contributed by atoms with Crippen molar-refractivity contribution in [1.29, 1.82) is 0 Å². The molecule has 0 radical (unpaired) electrons. The molecule has 0 spiro atoms. The lowest BCUT2D eigenvalue weighted by molar-refractivity contribution is -0.136. The van der Waals surface area contributed by atoms with Gasteiger partial charge in [0, 0.05) is 12.1 Å². The second-order valence-corrected chi connectivity index (χ2v) is 6.03. The van der Waals surface area contributed by atoms with Crippen molar-refractivity contribution >= 4 is 5.91 Å². The Morgan fingerprint density at radius 3 is 2.58 bits per heavy atom. The maximum Gasteiger partial charge on any atom is 0.225 e. The zero-order valence-corrected chi connectivity index (χ0v) is 12.6. The molecule has 0 aromatic rings. The van der Waals surface area contributed by atoms with E-state index in [2.05, 4.69) is 11.9 Å². The van der Waals surface area contributed by atoms with Gasteiger partial charge in [0.05, 0.1) is 19.1 Å². The first-order chi connectivity index (χ1) is 8.95. The van der Waals surface area contributed by atoms with Crippen LogP contribution in [-0.2, 0) is 9.53 Å². The summed E-state index contributed by atoms with van der Waals surface area (Å²) in [6.07, 6.45) is 4.64. The van der Waals surface area contributed by atoms with E-state index < -0.39 is 0 Å². The third-order valence-corrected chi connectivity index (χ3v) is 3.38. The monoisotopic (exact) mass is 268 g/mol. The van der Waals surface area contributed by atoms with E-state index in [1.165, 1.54) is 0 Å². The van der Waals surface area contributed by atoms with Gasteiger partial charge in [0.2, 0.25) is 5.91 Å². The van der Waals surface area contributed by atoms with E-state index in [4.69, 9.17) is 4.74 Å². The van der Waals surface area contributed by atoms with Gasteiger partial charge < -0.3 is 15.0 Å². The van der Waals surface area contributed by atoms with E-state index in [1.807, 2.05) is 25.7 Å². The van der Waals surface area contributed by atoms with Crippen LogP contribution in [0.2, 0.25) is 0 Å². The molecule has 0 saturated carbocycles. The molecule has 1 aliphatic rings. The molecular weight excluding hydrogens is 240 g/mol. The quantitative estimate of drug-likeness (QED) is 0.749. The molecule has 1 saturated heterocycles. The molecule has 4 nitrogen and oxygen atoms in total. The molecule has 0 unspecified atom stereocenters. The van der Waals surface area contributed by atoms with Crippen LogP contribution in [0.25, 0.3) is 0 Å². The fourth-order valence-corrected chi connectivity index (χ4v) is 2.29. The number of rotatable bonds is 6. The second kappa shape index (κ2) is 7.65. The summed E-state index contributed by atoms with van der Waals surface area (Å²) in [6, 6.07) is 0. The Labute approximate surface area is 117 Å². The van der Waals surface area contributed by atoms with Gasteiger partial charge in [0.1, 0.15) is 0 Å². The lowest BCUT2D eigenvalue weighted by Gasteiger charge is -2.35. The SMILES string of the molecule is C=CCN(C(=O)CCOC1CCNCC1)C(C)(C)C. The average Bonchev–Trinajstić information content (AvgIpc) is 2.35. The summed E-state index contributed by atoms with van der Waals surface area (Å²) in [4.78, 5) is 14.1. The maximum atomic E-state index is 12.2. The van der Waals surface area contributed by atoms with Gasteiger partial charge in [-0.2, -0.15) is 0 Å². The summed E-state index contributed by atoms with van der Waals surface area (Å²) in [5.74, 6) is 0.140. The van der Waals surface area contributed by atoms with Crippen LogP contribution in [0.4, 0.5) is 0 Å². The van der Waals surface area contributed by atoms with Crippen LogP contribution in [0.3, 0.4) is 0 Å². The van der Waals surface area contributed by atoms with E-state index in [-0.39, 0.29) is 11.4 Å². The summed E-state index contributed by atoms with van der Waals surface area (Å²) in [5, 5.41) is 3.30. The van der Waals surface area contributed by atoms with Gasteiger partial charge in [-0.05, 0) is 46.7 Å². The molecule has 1 amide bonds. The molecule has 0 atom stereocenters. The Morgan fingerprint density at radius 2 is 2.05 bits per heavy atom. The molecule has 0 bridgehead atoms. The Hall–Kier alpha value is -0.870. The number of piperidine rings is 1. The zero-order valence-electron chi connectivity index (χ0n) is 12.6. The van der Waals surface area contributed by atoms with Crippen LogP contribution in [0.1, 0.15) is 40.0 Å². The normalized spacial score (nSPS) is 17.2. The van der Waals surface area contributed by atoms with Crippen LogP contribution in [0.15, 0.2) is 12.7 Å². The highest BCUT2D eigenvalue weighted by atomic mass is 16.5. The van der Waals surface area contributed by atoms with Gasteiger partial charge in [0.25, 0.3) is 0 Å². The molecule has 1 rings (SSSR count). The first-order valence-electron chi connectivity index (χ1n) is 7.19. The van der Waals surface area contributed by atoms with Crippen molar-refractivity contribution in [1.82, 2.24) is 10.2 Å². The van der Waals surface area contributed by atoms with Crippen molar-refractivity contribution in [3.63, 3.8) is 0 Å². The fraction of sp³-hybridized carbons (Fsp3) is 0.800. The van der Waals surface area contributed by atoms with Crippen molar-refractivity contribution in [2.75, 3.05) is 26.2 Å². The van der Waals surface area contributed by atoms with Gasteiger partial charge in [-0.3, -0.25) is 4.79 Å². The van der Waals surface area contributed by atoms with Gasteiger partial charge in [-0.1, -0.05) is 6.08 Å². The van der Waals surface area contributed by atoms with E-state index in [9.17, 15) is 4.79 Å². The summed E-state index contributed by atoms with van der Waals surface area (Å²) < 4.78 is 5.78. The highest BCUT2D eigenvalue weighted by Gasteiger charge is 2.25. The van der Waals surface area contributed by atoms with Crippen molar-refractivity contribution in [2.24, 2.45) is 0 Å². The standard InChI is InChI=1S/C15H28N2O2/c1-5-11-17(15(2,3)4)14(18)8-12-19-13-6-9-16-10-7-13/h5,13,16H,1,6-12H2,2-4H3. The number of carbonyl (C=O) groups excluding carboxylic acids is 1. The van der Waals surface area contributed by atoms with Crippen molar-refractivity contribution < 1.29 is 9.53 Å². The third kappa shape index (κ3) is 5.74. The molecule has 1 aliphatic heterocycles. The minimum atomic E-state index is -0.167. The Balaban J connectivity index is 2.33.